The highest BCUT2D eigenvalue weighted by molar-refractivity contribution is 6.02. The Morgan fingerprint density at radius 2 is 2.20 bits per heavy atom. The molecular formula is C20H18N6O4. The van der Waals surface area contributed by atoms with E-state index in [-0.39, 0.29) is 17.2 Å². The predicted octanol–water partition coefficient (Wildman–Crippen LogP) is 2.90. The van der Waals surface area contributed by atoms with E-state index in [0.29, 0.717) is 41.1 Å². The fourth-order valence-corrected chi connectivity index (χ4v) is 3.09. The van der Waals surface area contributed by atoms with Gasteiger partial charge in [-0.15, -0.1) is 0 Å². The molecule has 1 fully saturated rings. The van der Waals surface area contributed by atoms with Gasteiger partial charge in [-0.2, -0.15) is 9.78 Å². The van der Waals surface area contributed by atoms with E-state index in [1.54, 1.807) is 24.3 Å². The van der Waals surface area contributed by atoms with Crippen LogP contribution in [0.4, 0.5) is 5.82 Å². The Morgan fingerprint density at radius 3 is 2.93 bits per heavy atom. The highest BCUT2D eigenvalue weighted by Crippen LogP contribution is 2.40. The molecule has 10 nitrogen and oxygen atoms in total. The Balaban J connectivity index is 1.53. The van der Waals surface area contributed by atoms with Crippen molar-refractivity contribution in [1.82, 2.24) is 24.9 Å². The van der Waals surface area contributed by atoms with Gasteiger partial charge in [0.1, 0.15) is 17.3 Å². The summed E-state index contributed by atoms with van der Waals surface area (Å²) in [6, 6.07) is 8.19. The lowest BCUT2D eigenvalue weighted by atomic mass is 10.3. The van der Waals surface area contributed by atoms with Gasteiger partial charge in [-0.05, 0) is 31.4 Å². The molecule has 0 aromatic carbocycles. The predicted molar refractivity (Wildman–Crippen MR) is 105 cm³/mol. The van der Waals surface area contributed by atoms with Crippen LogP contribution in [0.2, 0.25) is 0 Å². The van der Waals surface area contributed by atoms with E-state index < -0.39 is 5.91 Å². The average molecular weight is 406 g/mol. The van der Waals surface area contributed by atoms with Gasteiger partial charge in [-0.25, -0.2) is 4.98 Å². The van der Waals surface area contributed by atoms with Crippen LogP contribution in [0.15, 0.2) is 50.3 Å². The van der Waals surface area contributed by atoms with Crippen LogP contribution >= 0.6 is 0 Å². The normalized spacial score (nSPS) is 13.5. The van der Waals surface area contributed by atoms with Crippen LogP contribution in [0.1, 0.15) is 47.6 Å². The molecule has 4 aromatic rings. The Hall–Kier alpha value is -3.95. The maximum absolute atomic E-state index is 12.7. The number of anilines is 1. The zero-order chi connectivity index (χ0) is 20.7. The van der Waals surface area contributed by atoms with Crippen molar-refractivity contribution in [2.45, 2.75) is 32.1 Å². The first-order valence-corrected chi connectivity index (χ1v) is 9.63. The molecule has 1 aliphatic carbocycles. The number of H-pyrrole nitrogens is 1. The number of aryl methyl sites for hydroxylation is 1. The second-order valence-electron chi connectivity index (χ2n) is 7.06. The quantitative estimate of drug-likeness (QED) is 0.503. The number of carbonyl (C=O) groups excluding carboxylic acids is 1. The molecule has 4 aromatic heterocycles. The summed E-state index contributed by atoms with van der Waals surface area (Å²) in [5, 5.41) is 11.1. The zero-order valence-electron chi connectivity index (χ0n) is 16.1. The number of carbonyl (C=O) groups is 1. The summed E-state index contributed by atoms with van der Waals surface area (Å²) in [5.74, 6) is 1.61. The van der Waals surface area contributed by atoms with Gasteiger partial charge in [0.05, 0.1) is 6.26 Å². The molecule has 4 heterocycles. The Bertz CT molecular complexity index is 1260. The smallest absolute Gasteiger partial charge is 0.279 e. The van der Waals surface area contributed by atoms with Crippen molar-refractivity contribution in [3.8, 4) is 17.4 Å². The van der Waals surface area contributed by atoms with Crippen molar-refractivity contribution in [1.29, 1.82) is 0 Å². The molecule has 2 N–H and O–H groups in total. The molecule has 0 bridgehead atoms. The van der Waals surface area contributed by atoms with Crippen LogP contribution in [0.3, 0.4) is 0 Å². The van der Waals surface area contributed by atoms with Crippen molar-refractivity contribution < 1.29 is 13.7 Å². The minimum absolute atomic E-state index is 0.174. The van der Waals surface area contributed by atoms with E-state index in [1.807, 2.05) is 6.92 Å². The summed E-state index contributed by atoms with van der Waals surface area (Å²) in [5.41, 5.74) is 0.938. The van der Waals surface area contributed by atoms with Gasteiger partial charge in [0.2, 0.25) is 5.95 Å². The summed E-state index contributed by atoms with van der Waals surface area (Å²) < 4.78 is 12.0. The zero-order valence-corrected chi connectivity index (χ0v) is 16.1. The number of nitrogens with one attached hydrogen (secondary N) is 2. The van der Waals surface area contributed by atoms with Crippen LogP contribution in [0, 0.1) is 0 Å². The lowest BCUT2D eigenvalue weighted by Crippen LogP contribution is -2.19. The first kappa shape index (κ1) is 18.1. The molecule has 1 aliphatic rings. The number of aromatic amines is 1. The van der Waals surface area contributed by atoms with Gasteiger partial charge in [0, 0.05) is 29.8 Å². The number of hydrogen-bond donors (Lipinski definition) is 2. The van der Waals surface area contributed by atoms with Crippen LogP contribution in [0.25, 0.3) is 17.4 Å². The second-order valence-corrected chi connectivity index (χ2v) is 7.06. The molecule has 1 saturated carbocycles. The summed E-state index contributed by atoms with van der Waals surface area (Å²) in [7, 11) is 0. The van der Waals surface area contributed by atoms with Gasteiger partial charge in [-0.1, -0.05) is 12.1 Å². The number of hydrogen-bond acceptors (Lipinski definition) is 7. The summed E-state index contributed by atoms with van der Waals surface area (Å²) in [4.78, 5) is 31.9. The highest BCUT2D eigenvalue weighted by atomic mass is 16.5. The molecule has 0 saturated heterocycles. The van der Waals surface area contributed by atoms with Crippen LogP contribution in [0.5, 0.6) is 0 Å². The minimum Gasteiger partial charge on any atom is -0.463 e. The second kappa shape index (κ2) is 7.14. The summed E-state index contributed by atoms with van der Waals surface area (Å²) in [6.45, 7) is 1.90. The molecule has 152 valence electrons. The maximum Gasteiger partial charge on any atom is 0.279 e. The third-order valence-corrected chi connectivity index (χ3v) is 4.81. The maximum atomic E-state index is 12.7. The standard InChI is InChI=1S/C20H18N6O4/c1-2-12-8-18(27)23-20(21-12)26-17(10-13(24-26)15-4-3-7-29-15)22-19(28)14-9-16(30-25-14)11-5-6-11/h3-4,7-11H,2,5-6H2,1H3,(H,22,28)(H,21,23,27). The van der Waals surface area contributed by atoms with Crippen molar-refractivity contribution in [2.75, 3.05) is 5.32 Å². The Kier molecular flexibility index (Phi) is 4.31. The SMILES string of the molecule is CCc1cc(=O)[nH]c(-n2nc(-c3ccco3)cc2NC(=O)c2cc(C3CC3)on2)n1. The van der Waals surface area contributed by atoms with Crippen molar-refractivity contribution >= 4 is 11.7 Å². The van der Waals surface area contributed by atoms with Crippen molar-refractivity contribution in [2.24, 2.45) is 0 Å². The summed E-state index contributed by atoms with van der Waals surface area (Å²) in [6.07, 6.45) is 4.19. The van der Waals surface area contributed by atoms with Crippen LogP contribution < -0.4 is 10.9 Å². The monoisotopic (exact) mass is 406 g/mol. The molecule has 0 spiro atoms. The van der Waals surface area contributed by atoms with Crippen molar-refractivity contribution in [3.05, 3.63) is 64.1 Å². The molecular weight excluding hydrogens is 388 g/mol. The Labute approximate surface area is 169 Å². The van der Waals surface area contributed by atoms with Crippen molar-refractivity contribution in [3.63, 3.8) is 0 Å². The number of amides is 1. The summed E-state index contributed by atoms with van der Waals surface area (Å²) >= 11 is 0. The van der Waals surface area contributed by atoms with Gasteiger partial charge in [0.25, 0.3) is 11.5 Å². The molecule has 0 atom stereocenters. The van der Waals surface area contributed by atoms with Gasteiger partial charge in [-0.3, -0.25) is 14.6 Å². The van der Waals surface area contributed by atoms with E-state index >= 15 is 0 Å². The molecule has 30 heavy (non-hydrogen) atoms. The minimum atomic E-state index is -0.452. The molecule has 10 heteroatoms. The van der Waals surface area contributed by atoms with E-state index in [9.17, 15) is 9.59 Å². The molecule has 1 amide bonds. The van der Waals surface area contributed by atoms with Gasteiger partial charge in [0.15, 0.2) is 11.5 Å². The number of furan rings is 1. The van der Waals surface area contributed by atoms with Gasteiger partial charge >= 0.3 is 0 Å². The third kappa shape index (κ3) is 3.43. The lowest BCUT2D eigenvalue weighted by molar-refractivity contribution is 0.101. The van der Waals surface area contributed by atoms with E-state index in [0.717, 1.165) is 12.8 Å². The topological polar surface area (TPSA) is 132 Å². The van der Waals surface area contributed by atoms with E-state index in [1.165, 1.54) is 17.0 Å². The number of aromatic nitrogens is 5. The third-order valence-electron chi connectivity index (χ3n) is 4.81. The molecule has 0 aliphatic heterocycles. The molecule has 0 unspecified atom stereocenters. The molecule has 5 rings (SSSR count). The van der Waals surface area contributed by atoms with E-state index in [2.05, 4.69) is 25.5 Å². The molecule has 0 radical (unpaired) electrons. The van der Waals surface area contributed by atoms with Crippen LogP contribution in [-0.2, 0) is 6.42 Å². The lowest BCUT2D eigenvalue weighted by Gasteiger charge is -2.07. The first-order chi connectivity index (χ1) is 14.6. The highest BCUT2D eigenvalue weighted by Gasteiger charge is 2.29. The average Bonchev–Trinajstić information content (AvgIpc) is 3.16. The number of rotatable bonds is 6. The Morgan fingerprint density at radius 1 is 1.33 bits per heavy atom. The van der Waals surface area contributed by atoms with Gasteiger partial charge < -0.3 is 14.3 Å². The fraction of sp³-hybridized carbons (Fsp3) is 0.250. The fourth-order valence-electron chi connectivity index (χ4n) is 3.09. The van der Waals surface area contributed by atoms with Crippen LogP contribution in [-0.4, -0.2) is 30.8 Å². The largest absolute Gasteiger partial charge is 0.463 e. The first-order valence-electron chi connectivity index (χ1n) is 9.63. The van der Waals surface area contributed by atoms with E-state index in [4.69, 9.17) is 8.94 Å². The number of nitrogens with zero attached hydrogens (tertiary/aromatic N) is 4.